The fraction of sp³-hybridized carbons (Fsp3) is 0.0588. The van der Waals surface area contributed by atoms with Gasteiger partial charge in [-0.05, 0) is 103 Å². The molecule has 25 heavy (non-hydrogen) atoms. The van der Waals surface area contributed by atoms with E-state index in [1.54, 1.807) is 12.3 Å². The van der Waals surface area contributed by atoms with Gasteiger partial charge in [0.25, 0.3) is 5.91 Å². The molecule has 0 atom stereocenters. The van der Waals surface area contributed by atoms with Crippen molar-refractivity contribution in [3.8, 4) is 5.75 Å². The van der Waals surface area contributed by atoms with Crippen LogP contribution in [-0.2, 0) is 6.42 Å². The average molecular weight is 690 g/mol. The number of allylic oxidation sites excluding steroid dienone is 1. The second-order valence-corrected chi connectivity index (χ2v) is 9.03. The first-order chi connectivity index (χ1) is 11.8. The molecule has 0 aromatic heterocycles. The van der Waals surface area contributed by atoms with Crippen LogP contribution in [-0.4, -0.2) is 17.2 Å². The first-order valence-electron chi connectivity index (χ1n) is 6.93. The molecule has 2 aromatic carbocycles. The number of hydrogen-bond acceptors (Lipinski definition) is 3. The standard InChI is InChI=1S/C17H12Br2I2N2O2/c1-2-3-11-14(20)4-9(5-15(11)21)8-22-23-17(25)12-6-10(18)7-13(19)16(12)24/h2,4-8,24H,1,3H2,(H,23,25)/b22-8+. The van der Waals surface area contributed by atoms with Gasteiger partial charge in [-0.1, -0.05) is 22.0 Å². The zero-order valence-electron chi connectivity index (χ0n) is 12.7. The van der Waals surface area contributed by atoms with Crippen molar-refractivity contribution in [1.82, 2.24) is 5.43 Å². The smallest absolute Gasteiger partial charge is 0.275 e. The van der Waals surface area contributed by atoms with Gasteiger partial charge in [0.2, 0.25) is 0 Å². The summed E-state index contributed by atoms with van der Waals surface area (Å²) in [5.41, 5.74) is 4.66. The Morgan fingerprint density at radius 1 is 1.24 bits per heavy atom. The van der Waals surface area contributed by atoms with Gasteiger partial charge in [0.1, 0.15) is 5.75 Å². The minimum Gasteiger partial charge on any atom is -0.506 e. The van der Waals surface area contributed by atoms with E-state index in [1.165, 1.54) is 11.6 Å². The summed E-state index contributed by atoms with van der Waals surface area (Å²) < 4.78 is 3.34. The molecule has 0 radical (unpaired) electrons. The number of hydrazone groups is 1. The van der Waals surface area contributed by atoms with Crippen molar-refractivity contribution < 1.29 is 9.90 Å². The van der Waals surface area contributed by atoms with Gasteiger partial charge in [-0.15, -0.1) is 6.58 Å². The van der Waals surface area contributed by atoms with E-state index in [4.69, 9.17) is 0 Å². The molecular weight excluding hydrogens is 678 g/mol. The summed E-state index contributed by atoms with van der Waals surface area (Å²) in [5.74, 6) is -0.628. The third-order valence-electron chi connectivity index (χ3n) is 3.16. The number of carbonyl (C=O) groups excluding carboxylic acids is 1. The molecule has 8 heteroatoms. The topological polar surface area (TPSA) is 61.7 Å². The summed E-state index contributed by atoms with van der Waals surface area (Å²) in [6, 6.07) is 7.17. The number of benzene rings is 2. The first-order valence-corrected chi connectivity index (χ1v) is 10.7. The Kier molecular flexibility index (Phi) is 7.90. The normalized spacial score (nSPS) is 10.9. The van der Waals surface area contributed by atoms with Gasteiger partial charge in [0.15, 0.2) is 0 Å². The number of halogens is 4. The number of nitrogens with one attached hydrogen (secondary N) is 1. The minimum absolute atomic E-state index is 0.129. The first kappa shape index (κ1) is 20.8. The van der Waals surface area contributed by atoms with Crippen molar-refractivity contribution in [3.05, 3.63) is 69.7 Å². The van der Waals surface area contributed by atoms with Crippen LogP contribution in [0.15, 0.2) is 51.0 Å². The molecule has 2 N–H and O–H groups in total. The number of phenolic OH excluding ortho intramolecular Hbond substituents is 1. The molecule has 0 spiro atoms. The highest BCUT2D eigenvalue weighted by Gasteiger charge is 2.14. The van der Waals surface area contributed by atoms with Crippen LogP contribution in [0.1, 0.15) is 21.5 Å². The highest BCUT2D eigenvalue weighted by atomic mass is 127. The summed E-state index contributed by atoms with van der Waals surface area (Å²) in [6.07, 6.45) is 4.25. The van der Waals surface area contributed by atoms with Gasteiger partial charge in [0.05, 0.1) is 16.3 Å². The molecule has 2 rings (SSSR count). The van der Waals surface area contributed by atoms with Crippen LogP contribution >= 0.6 is 77.0 Å². The fourth-order valence-corrected chi connectivity index (χ4v) is 5.48. The number of amides is 1. The quantitative estimate of drug-likeness (QED) is 0.186. The lowest BCUT2D eigenvalue weighted by molar-refractivity contribution is 0.0952. The van der Waals surface area contributed by atoms with E-state index in [0.717, 1.165) is 19.1 Å². The van der Waals surface area contributed by atoms with E-state index in [0.29, 0.717) is 8.95 Å². The molecule has 0 bridgehead atoms. The Bertz CT molecular complexity index is 847. The number of aromatic hydroxyl groups is 1. The minimum atomic E-state index is -0.497. The predicted octanol–water partition coefficient (Wildman–Crippen LogP) is 5.62. The van der Waals surface area contributed by atoms with Crippen LogP contribution in [0, 0.1) is 7.14 Å². The van der Waals surface area contributed by atoms with Crippen molar-refractivity contribution in [3.63, 3.8) is 0 Å². The third kappa shape index (κ3) is 5.51. The number of rotatable bonds is 5. The van der Waals surface area contributed by atoms with Gasteiger partial charge in [-0.25, -0.2) is 5.43 Å². The molecule has 4 nitrogen and oxygen atoms in total. The largest absolute Gasteiger partial charge is 0.506 e. The van der Waals surface area contributed by atoms with Crippen LogP contribution in [0.2, 0.25) is 0 Å². The zero-order valence-corrected chi connectivity index (χ0v) is 20.2. The summed E-state index contributed by atoms with van der Waals surface area (Å²) in [7, 11) is 0. The number of nitrogens with zero attached hydrogens (tertiary/aromatic N) is 1. The van der Waals surface area contributed by atoms with Crippen LogP contribution < -0.4 is 5.43 Å². The second-order valence-electron chi connectivity index (χ2n) is 4.94. The second kappa shape index (κ2) is 9.47. The average Bonchev–Trinajstić information content (AvgIpc) is 2.54. The van der Waals surface area contributed by atoms with E-state index >= 15 is 0 Å². The van der Waals surface area contributed by atoms with Crippen molar-refractivity contribution in [2.24, 2.45) is 5.10 Å². The summed E-state index contributed by atoms with van der Waals surface area (Å²) in [5, 5.41) is 14.0. The van der Waals surface area contributed by atoms with Crippen molar-refractivity contribution >= 4 is 89.2 Å². The number of hydrogen-bond donors (Lipinski definition) is 2. The molecule has 0 aliphatic carbocycles. The highest BCUT2D eigenvalue weighted by molar-refractivity contribution is 14.1. The van der Waals surface area contributed by atoms with Crippen molar-refractivity contribution in [2.45, 2.75) is 6.42 Å². The van der Waals surface area contributed by atoms with Crippen LogP contribution in [0.3, 0.4) is 0 Å². The van der Waals surface area contributed by atoms with Gasteiger partial charge in [-0.2, -0.15) is 5.10 Å². The third-order valence-corrected chi connectivity index (χ3v) is 6.15. The van der Waals surface area contributed by atoms with E-state index in [-0.39, 0.29) is 11.3 Å². The lowest BCUT2D eigenvalue weighted by Gasteiger charge is -2.07. The van der Waals surface area contributed by atoms with Gasteiger partial charge in [-0.3, -0.25) is 4.79 Å². The fourth-order valence-electron chi connectivity index (χ4n) is 2.00. The molecule has 0 aliphatic rings. The zero-order chi connectivity index (χ0) is 18.6. The Morgan fingerprint density at radius 3 is 2.48 bits per heavy atom. The van der Waals surface area contributed by atoms with Crippen molar-refractivity contribution in [1.29, 1.82) is 0 Å². The Labute approximate surface area is 189 Å². The summed E-state index contributed by atoms with van der Waals surface area (Å²) in [6.45, 7) is 3.77. The van der Waals surface area contributed by atoms with E-state index < -0.39 is 5.91 Å². The Morgan fingerprint density at radius 2 is 1.88 bits per heavy atom. The van der Waals surface area contributed by atoms with E-state index in [9.17, 15) is 9.90 Å². The molecular formula is C17H12Br2I2N2O2. The van der Waals surface area contributed by atoms with E-state index in [1.807, 2.05) is 18.2 Å². The highest BCUT2D eigenvalue weighted by Crippen LogP contribution is 2.31. The van der Waals surface area contributed by atoms with Crippen LogP contribution in [0.4, 0.5) is 0 Å². The maximum Gasteiger partial charge on any atom is 0.275 e. The molecule has 2 aromatic rings. The van der Waals surface area contributed by atoms with Gasteiger partial charge >= 0.3 is 0 Å². The Balaban J connectivity index is 2.16. The molecule has 0 saturated carbocycles. The van der Waals surface area contributed by atoms with Crippen molar-refractivity contribution in [2.75, 3.05) is 0 Å². The maximum atomic E-state index is 12.2. The molecule has 0 heterocycles. The Hall–Kier alpha value is -0.460. The molecule has 130 valence electrons. The lowest BCUT2D eigenvalue weighted by atomic mass is 10.1. The molecule has 0 unspecified atom stereocenters. The summed E-state index contributed by atoms with van der Waals surface area (Å²) in [4.78, 5) is 12.2. The summed E-state index contributed by atoms with van der Waals surface area (Å²) >= 11 is 11.0. The molecule has 0 fully saturated rings. The van der Waals surface area contributed by atoms with Gasteiger partial charge < -0.3 is 5.11 Å². The molecule has 0 aliphatic heterocycles. The monoisotopic (exact) mass is 688 g/mol. The lowest BCUT2D eigenvalue weighted by Crippen LogP contribution is -2.18. The maximum absolute atomic E-state index is 12.2. The molecule has 0 saturated heterocycles. The molecule has 1 amide bonds. The van der Waals surface area contributed by atoms with Crippen LogP contribution in [0.25, 0.3) is 0 Å². The van der Waals surface area contributed by atoms with E-state index in [2.05, 4.69) is 94.1 Å². The number of phenols is 1. The van der Waals surface area contributed by atoms with Gasteiger partial charge in [0, 0.05) is 11.6 Å². The van der Waals surface area contributed by atoms with Crippen LogP contribution in [0.5, 0.6) is 5.75 Å². The number of carbonyl (C=O) groups is 1. The predicted molar refractivity (Wildman–Crippen MR) is 124 cm³/mol. The SMILES string of the molecule is C=CCc1c(I)cc(/C=N/NC(=O)c2cc(Br)cc(Br)c2O)cc1I.